The fraction of sp³-hybridized carbons (Fsp3) is 0. The Morgan fingerprint density at radius 1 is 1.00 bits per heavy atom. The van der Waals surface area contributed by atoms with Gasteiger partial charge >= 0.3 is 37.8 Å². The minimum absolute atomic E-state index is 0. The Morgan fingerprint density at radius 2 is 1.12 bits per heavy atom. The van der Waals surface area contributed by atoms with Crippen molar-refractivity contribution in [3.63, 3.8) is 0 Å². The van der Waals surface area contributed by atoms with Crippen LogP contribution in [0.3, 0.4) is 0 Å². The molecule has 0 saturated carbocycles. The van der Waals surface area contributed by atoms with Crippen LogP contribution in [0.15, 0.2) is 0 Å². The summed E-state index contributed by atoms with van der Waals surface area (Å²) in [7, 11) is 0. The fourth-order valence-electron chi connectivity index (χ4n) is 0. The van der Waals surface area contributed by atoms with Gasteiger partial charge in [0.05, 0.1) is 0 Å². The first-order valence-electron chi connectivity index (χ1n) is 1.11. The first kappa shape index (κ1) is 15.7. The summed E-state index contributed by atoms with van der Waals surface area (Å²) in [6.07, 6.45) is 0. The summed E-state index contributed by atoms with van der Waals surface area (Å²) in [5.41, 5.74) is 0. The van der Waals surface area contributed by atoms with Crippen molar-refractivity contribution in [2.75, 3.05) is 0 Å². The van der Waals surface area contributed by atoms with Gasteiger partial charge in [0.1, 0.15) is 0 Å². The van der Waals surface area contributed by atoms with Crippen LogP contribution in [0.1, 0.15) is 0 Å². The van der Waals surface area contributed by atoms with Crippen LogP contribution < -0.4 is 0 Å². The summed E-state index contributed by atoms with van der Waals surface area (Å²) in [6, 6.07) is 0. The second kappa shape index (κ2) is 6.77. The number of carboxylic acid groups (broad SMARTS) is 2. The maximum atomic E-state index is 9.10. The monoisotopic (exact) mass is 226 g/mol. The summed E-state index contributed by atoms with van der Waals surface area (Å²) in [4.78, 5) is 18.2. The third-order valence-electron chi connectivity index (χ3n) is 0.183. The van der Waals surface area contributed by atoms with E-state index in [1.165, 1.54) is 0 Å². The number of hydrogen-bond acceptors (Lipinski definition) is 2. The van der Waals surface area contributed by atoms with E-state index >= 15 is 0 Å². The Labute approximate surface area is 63.4 Å². The van der Waals surface area contributed by atoms with Crippen molar-refractivity contribution in [2.24, 2.45) is 0 Å². The predicted octanol–water partition coefficient (Wildman–Crippen LogP) is -2.85. The Balaban J connectivity index is -0.000000125. The second-order valence-corrected chi connectivity index (χ2v) is 0.610. The molecule has 4 N–H and O–H groups in total. The van der Waals surface area contributed by atoms with E-state index < -0.39 is 11.9 Å². The molecule has 0 aromatic rings. The predicted molar refractivity (Wildman–Crippen MR) is 28.8 cm³/mol. The summed E-state index contributed by atoms with van der Waals surface area (Å²) < 4.78 is 0. The molecule has 0 aromatic carbocycles. The third kappa shape index (κ3) is 9.24. The van der Waals surface area contributed by atoms with Gasteiger partial charge in [0, 0.05) is 0 Å². The molecule has 0 aliphatic heterocycles. The van der Waals surface area contributed by atoms with Gasteiger partial charge in [-0.15, -0.1) is 0 Å². The molecule has 0 bridgehead atoms. The molecule has 0 aromatic heterocycles. The van der Waals surface area contributed by atoms with Gasteiger partial charge in [-0.25, -0.2) is 9.59 Å². The summed E-state index contributed by atoms with van der Waals surface area (Å²) in [6.45, 7) is 0. The van der Waals surface area contributed by atoms with Crippen molar-refractivity contribution in [2.45, 2.75) is 0 Å². The van der Waals surface area contributed by atoms with E-state index in [0.29, 0.717) is 0 Å². The Kier molecular flexibility index (Phi) is 13.2. The quantitative estimate of drug-likeness (QED) is 0.433. The molecule has 0 aliphatic carbocycles. The molecule has 0 spiro atoms. The molecular formula is C2H7InO5. The van der Waals surface area contributed by atoms with Gasteiger partial charge in [-0.1, -0.05) is 0 Å². The molecule has 0 fully saturated rings. The van der Waals surface area contributed by atoms with Gasteiger partial charge in [0.25, 0.3) is 0 Å². The zero-order chi connectivity index (χ0) is 5.15. The van der Waals surface area contributed by atoms with Crippen molar-refractivity contribution in [3.05, 3.63) is 0 Å². The summed E-state index contributed by atoms with van der Waals surface area (Å²) in [5, 5.41) is 14.8. The molecular weight excluding hydrogens is 219 g/mol. The fourth-order valence-corrected chi connectivity index (χ4v) is 0. The van der Waals surface area contributed by atoms with Crippen molar-refractivity contribution >= 4 is 37.8 Å². The van der Waals surface area contributed by atoms with E-state index in [2.05, 4.69) is 0 Å². The third-order valence-corrected chi connectivity index (χ3v) is 0.183. The zero-order valence-electron chi connectivity index (χ0n) is 3.21. The molecule has 5 nitrogen and oxygen atoms in total. The van der Waals surface area contributed by atoms with Gasteiger partial charge in [-0.3, -0.25) is 0 Å². The number of carbonyl (C=O) groups is 2. The minimum atomic E-state index is -1.82. The first-order chi connectivity index (χ1) is 2.64. The van der Waals surface area contributed by atoms with Crippen LogP contribution in [0.25, 0.3) is 0 Å². The van der Waals surface area contributed by atoms with Crippen LogP contribution in [0.2, 0.25) is 0 Å². The number of aliphatic carboxylic acids is 2. The van der Waals surface area contributed by atoms with Crippen molar-refractivity contribution in [1.82, 2.24) is 0 Å². The van der Waals surface area contributed by atoms with E-state index in [4.69, 9.17) is 19.8 Å². The molecule has 0 saturated heterocycles. The summed E-state index contributed by atoms with van der Waals surface area (Å²) >= 11 is 0. The van der Waals surface area contributed by atoms with E-state index in [-0.39, 0.29) is 31.3 Å². The second-order valence-electron chi connectivity index (χ2n) is 0.610. The van der Waals surface area contributed by atoms with Gasteiger partial charge < -0.3 is 15.7 Å². The Hall–Kier alpha value is -0.230. The van der Waals surface area contributed by atoms with E-state index in [9.17, 15) is 0 Å². The van der Waals surface area contributed by atoms with Gasteiger partial charge in [-0.05, 0) is 0 Å². The maximum absolute atomic E-state index is 9.10. The number of carboxylic acids is 2. The first-order valence-corrected chi connectivity index (χ1v) is 1.11. The van der Waals surface area contributed by atoms with Crippen molar-refractivity contribution in [3.8, 4) is 0 Å². The molecule has 0 radical (unpaired) electrons. The summed E-state index contributed by atoms with van der Waals surface area (Å²) in [5.74, 6) is -3.65. The van der Waals surface area contributed by atoms with Gasteiger partial charge in [0.15, 0.2) is 0 Å². The number of hydrogen-bond donors (Lipinski definition) is 2. The zero-order valence-corrected chi connectivity index (χ0v) is 3.21. The van der Waals surface area contributed by atoms with Crippen molar-refractivity contribution < 1.29 is 25.3 Å². The molecule has 0 rings (SSSR count). The Bertz CT molecular complexity index is 76.4. The normalized spacial score (nSPS) is 5.50. The van der Waals surface area contributed by atoms with Gasteiger partial charge in [0.2, 0.25) is 0 Å². The molecule has 0 amide bonds. The Morgan fingerprint density at radius 3 is 1.12 bits per heavy atom. The average Bonchev–Trinajstić information content (AvgIpc) is 1.36. The van der Waals surface area contributed by atoms with Crippen LogP contribution in [0, 0.1) is 0 Å². The van der Waals surface area contributed by atoms with Crippen LogP contribution in [-0.2, 0) is 9.59 Å². The van der Waals surface area contributed by atoms with Crippen LogP contribution in [-0.4, -0.2) is 53.5 Å². The van der Waals surface area contributed by atoms with E-state index in [1.54, 1.807) is 0 Å². The van der Waals surface area contributed by atoms with Gasteiger partial charge in [-0.2, -0.15) is 0 Å². The molecule has 0 unspecified atom stereocenters. The topological polar surface area (TPSA) is 106 Å². The molecule has 48 valence electrons. The molecule has 0 heterocycles. The SMILES string of the molecule is O.O=C(O)C(=O)O.[InH3]. The van der Waals surface area contributed by atoms with E-state index in [0.717, 1.165) is 0 Å². The van der Waals surface area contributed by atoms with Crippen LogP contribution >= 0.6 is 0 Å². The molecule has 8 heavy (non-hydrogen) atoms. The molecule has 6 heteroatoms. The van der Waals surface area contributed by atoms with Crippen LogP contribution in [0.4, 0.5) is 0 Å². The van der Waals surface area contributed by atoms with Crippen molar-refractivity contribution in [1.29, 1.82) is 0 Å². The molecule has 0 aliphatic rings. The number of rotatable bonds is 0. The molecule has 0 atom stereocenters. The van der Waals surface area contributed by atoms with E-state index in [1.807, 2.05) is 0 Å². The van der Waals surface area contributed by atoms with Crippen LogP contribution in [0.5, 0.6) is 0 Å². The average molecular weight is 226 g/mol. The standard InChI is InChI=1S/C2H2O4.In.H2O.3H/c3-1(4)2(5)6;;;;;/h(H,3,4)(H,5,6);;1H2;;;.